The van der Waals surface area contributed by atoms with Crippen LogP contribution in [-0.2, 0) is 14.4 Å². The maximum Gasteiger partial charge on any atom is 0.307 e. The molecule has 2 amide bonds. The number of aliphatic carboxylic acids is 1. The highest BCUT2D eigenvalue weighted by Crippen LogP contribution is 2.39. The number of piperidine rings is 1. The Kier molecular flexibility index (Phi) is 4.85. The molecule has 1 saturated heterocycles. The van der Waals surface area contributed by atoms with Gasteiger partial charge in [-0.05, 0) is 31.6 Å². The summed E-state index contributed by atoms with van der Waals surface area (Å²) >= 11 is 0. The predicted molar refractivity (Wildman–Crippen MR) is 76.1 cm³/mol. The first-order valence-corrected chi connectivity index (χ1v) is 7.74. The second-order valence-corrected chi connectivity index (χ2v) is 6.32. The maximum absolute atomic E-state index is 12.7. The molecule has 3 N–H and O–H groups in total. The Morgan fingerprint density at radius 2 is 1.90 bits per heavy atom. The Morgan fingerprint density at radius 1 is 1.24 bits per heavy atom. The van der Waals surface area contributed by atoms with Gasteiger partial charge in [-0.25, -0.2) is 0 Å². The SMILES string of the molecule is CCC1CC(C(=O)O)C(C(=O)N2CCCC(C(N)=O)C2)C1. The van der Waals surface area contributed by atoms with Gasteiger partial charge in [0.15, 0.2) is 0 Å². The number of rotatable bonds is 4. The molecule has 1 heterocycles. The summed E-state index contributed by atoms with van der Waals surface area (Å²) in [4.78, 5) is 37.0. The number of primary amides is 1. The van der Waals surface area contributed by atoms with Crippen molar-refractivity contribution in [2.45, 2.75) is 39.0 Å². The quantitative estimate of drug-likeness (QED) is 0.803. The second kappa shape index (κ2) is 6.45. The molecule has 4 unspecified atom stereocenters. The van der Waals surface area contributed by atoms with Crippen molar-refractivity contribution in [2.24, 2.45) is 29.4 Å². The highest BCUT2D eigenvalue weighted by atomic mass is 16.4. The first kappa shape index (κ1) is 15.8. The van der Waals surface area contributed by atoms with E-state index in [-0.39, 0.29) is 17.7 Å². The molecule has 21 heavy (non-hydrogen) atoms. The van der Waals surface area contributed by atoms with Gasteiger partial charge in [-0.3, -0.25) is 14.4 Å². The summed E-state index contributed by atoms with van der Waals surface area (Å²) in [6.07, 6.45) is 3.58. The van der Waals surface area contributed by atoms with E-state index < -0.39 is 17.8 Å². The molecule has 2 fully saturated rings. The molecule has 0 aromatic heterocycles. The van der Waals surface area contributed by atoms with Crippen molar-refractivity contribution in [2.75, 3.05) is 13.1 Å². The summed E-state index contributed by atoms with van der Waals surface area (Å²) in [5.74, 6) is -2.39. The average molecular weight is 296 g/mol. The van der Waals surface area contributed by atoms with E-state index in [4.69, 9.17) is 5.73 Å². The van der Waals surface area contributed by atoms with Gasteiger partial charge in [0, 0.05) is 13.1 Å². The summed E-state index contributed by atoms with van der Waals surface area (Å²) in [6.45, 7) is 2.97. The zero-order chi connectivity index (χ0) is 15.6. The topological polar surface area (TPSA) is 101 Å². The number of carboxylic acids is 1. The Bertz CT molecular complexity index is 437. The number of hydrogen-bond acceptors (Lipinski definition) is 3. The van der Waals surface area contributed by atoms with Gasteiger partial charge in [0.2, 0.25) is 11.8 Å². The van der Waals surface area contributed by atoms with Gasteiger partial charge in [-0.2, -0.15) is 0 Å². The third-order valence-corrected chi connectivity index (χ3v) is 5.01. The molecular weight excluding hydrogens is 272 g/mol. The minimum atomic E-state index is -0.882. The predicted octanol–water partition coefficient (Wildman–Crippen LogP) is 0.847. The van der Waals surface area contributed by atoms with Crippen molar-refractivity contribution in [3.63, 3.8) is 0 Å². The van der Waals surface area contributed by atoms with Crippen LogP contribution in [0, 0.1) is 23.7 Å². The van der Waals surface area contributed by atoms with E-state index >= 15 is 0 Å². The number of carbonyl (C=O) groups is 3. The van der Waals surface area contributed by atoms with Gasteiger partial charge in [0.05, 0.1) is 17.8 Å². The molecule has 2 aliphatic rings. The molecule has 0 radical (unpaired) electrons. The lowest BCUT2D eigenvalue weighted by Crippen LogP contribution is -2.47. The van der Waals surface area contributed by atoms with Gasteiger partial charge in [-0.15, -0.1) is 0 Å². The number of carboxylic acid groups (broad SMARTS) is 1. The summed E-state index contributed by atoms with van der Waals surface area (Å²) in [6, 6.07) is 0. The van der Waals surface area contributed by atoms with Crippen LogP contribution in [0.15, 0.2) is 0 Å². The fraction of sp³-hybridized carbons (Fsp3) is 0.800. The van der Waals surface area contributed by atoms with E-state index in [1.165, 1.54) is 0 Å². The summed E-state index contributed by atoms with van der Waals surface area (Å²) < 4.78 is 0. The van der Waals surface area contributed by atoms with Crippen molar-refractivity contribution >= 4 is 17.8 Å². The molecule has 1 aliphatic carbocycles. The number of carbonyl (C=O) groups excluding carboxylic acids is 2. The molecular formula is C15H24N2O4. The van der Waals surface area contributed by atoms with Crippen LogP contribution in [0.2, 0.25) is 0 Å². The van der Waals surface area contributed by atoms with Crippen LogP contribution in [0.1, 0.15) is 39.0 Å². The molecule has 0 spiro atoms. The van der Waals surface area contributed by atoms with Gasteiger partial charge in [0.25, 0.3) is 0 Å². The number of likely N-dealkylation sites (tertiary alicyclic amines) is 1. The molecule has 0 bridgehead atoms. The fourth-order valence-electron chi connectivity index (χ4n) is 3.67. The Morgan fingerprint density at radius 3 is 2.48 bits per heavy atom. The lowest BCUT2D eigenvalue weighted by Gasteiger charge is -2.33. The van der Waals surface area contributed by atoms with Crippen molar-refractivity contribution < 1.29 is 19.5 Å². The van der Waals surface area contributed by atoms with E-state index in [0.29, 0.717) is 38.3 Å². The Hall–Kier alpha value is -1.59. The lowest BCUT2D eigenvalue weighted by molar-refractivity contribution is -0.150. The molecule has 6 heteroatoms. The van der Waals surface area contributed by atoms with Gasteiger partial charge < -0.3 is 15.7 Å². The molecule has 1 aliphatic heterocycles. The molecule has 6 nitrogen and oxygen atoms in total. The fourth-order valence-corrected chi connectivity index (χ4v) is 3.67. The largest absolute Gasteiger partial charge is 0.481 e. The number of nitrogens with two attached hydrogens (primary N) is 1. The molecule has 0 aromatic rings. The summed E-state index contributed by atoms with van der Waals surface area (Å²) in [5, 5.41) is 9.34. The van der Waals surface area contributed by atoms with Gasteiger partial charge >= 0.3 is 5.97 Å². The normalized spacial score (nSPS) is 32.9. The zero-order valence-corrected chi connectivity index (χ0v) is 12.5. The third-order valence-electron chi connectivity index (χ3n) is 5.01. The molecule has 0 aromatic carbocycles. The Labute approximate surface area is 124 Å². The first-order chi connectivity index (χ1) is 9.93. The summed E-state index contributed by atoms with van der Waals surface area (Å²) in [7, 11) is 0. The van der Waals surface area contributed by atoms with Crippen LogP contribution in [0.25, 0.3) is 0 Å². The maximum atomic E-state index is 12.7. The minimum Gasteiger partial charge on any atom is -0.481 e. The van der Waals surface area contributed by atoms with E-state index in [9.17, 15) is 19.5 Å². The van der Waals surface area contributed by atoms with Gasteiger partial charge in [0.1, 0.15) is 0 Å². The average Bonchev–Trinajstić information content (AvgIpc) is 2.91. The van der Waals surface area contributed by atoms with Crippen molar-refractivity contribution in [1.29, 1.82) is 0 Å². The van der Waals surface area contributed by atoms with E-state index in [0.717, 1.165) is 12.8 Å². The van der Waals surface area contributed by atoms with E-state index in [2.05, 4.69) is 0 Å². The number of nitrogens with zero attached hydrogens (tertiary/aromatic N) is 1. The minimum absolute atomic E-state index is 0.107. The molecule has 1 saturated carbocycles. The zero-order valence-electron chi connectivity index (χ0n) is 12.5. The van der Waals surface area contributed by atoms with Crippen LogP contribution < -0.4 is 5.73 Å². The van der Waals surface area contributed by atoms with Crippen molar-refractivity contribution in [1.82, 2.24) is 4.90 Å². The highest BCUT2D eigenvalue weighted by Gasteiger charge is 2.44. The van der Waals surface area contributed by atoms with Crippen LogP contribution in [0.4, 0.5) is 0 Å². The lowest BCUT2D eigenvalue weighted by atomic mass is 9.91. The second-order valence-electron chi connectivity index (χ2n) is 6.32. The van der Waals surface area contributed by atoms with Crippen molar-refractivity contribution in [3.8, 4) is 0 Å². The van der Waals surface area contributed by atoms with Crippen LogP contribution in [-0.4, -0.2) is 40.9 Å². The third kappa shape index (κ3) is 3.36. The molecule has 118 valence electrons. The highest BCUT2D eigenvalue weighted by molar-refractivity contribution is 5.86. The standard InChI is InChI=1S/C15H24N2O4/c1-2-9-6-11(12(7-9)15(20)21)14(19)17-5-3-4-10(8-17)13(16)18/h9-12H,2-8H2,1H3,(H2,16,18)(H,20,21). The monoisotopic (exact) mass is 296 g/mol. The van der Waals surface area contributed by atoms with Crippen LogP contribution in [0.3, 0.4) is 0 Å². The van der Waals surface area contributed by atoms with Crippen molar-refractivity contribution in [3.05, 3.63) is 0 Å². The molecule has 4 atom stereocenters. The number of hydrogen-bond donors (Lipinski definition) is 2. The van der Waals surface area contributed by atoms with E-state index in [1.54, 1.807) is 4.90 Å². The van der Waals surface area contributed by atoms with Gasteiger partial charge in [-0.1, -0.05) is 13.3 Å². The van der Waals surface area contributed by atoms with Crippen LogP contribution >= 0.6 is 0 Å². The summed E-state index contributed by atoms with van der Waals surface area (Å²) in [5.41, 5.74) is 5.33. The number of amides is 2. The van der Waals surface area contributed by atoms with E-state index in [1.807, 2.05) is 6.92 Å². The van der Waals surface area contributed by atoms with Crippen LogP contribution in [0.5, 0.6) is 0 Å². The Balaban J connectivity index is 2.07. The smallest absolute Gasteiger partial charge is 0.307 e. The molecule has 2 rings (SSSR count). The first-order valence-electron chi connectivity index (χ1n) is 7.74.